The van der Waals surface area contributed by atoms with E-state index in [9.17, 15) is 9.59 Å². The van der Waals surface area contributed by atoms with Crippen LogP contribution in [0, 0.1) is 0 Å². The first kappa shape index (κ1) is 17.9. The maximum atomic E-state index is 12.9. The Labute approximate surface area is 168 Å². The number of carbonyl (C=O) groups is 1. The van der Waals surface area contributed by atoms with Gasteiger partial charge in [-0.05, 0) is 12.1 Å². The fourth-order valence-electron chi connectivity index (χ4n) is 3.51. The first-order valence-electron chi connectivity index (χ1n) is 9.07. The van der Waals surface area contributed by atoms with Crippen molar-refractivity contribution in [3.8, 4) is 0 Å². The predicted octanol–water partition coefficient (Wildman–Crippen LogP) is -1.09. The number of nitrogens with two attached hydrogens (primary N) is 2. The molecule has 1 amide bonds. The van der Waals surface area contributed by atoms with Gasteiger partial charge >= 0.3 is 5.69 Å². The van der Waals surface area contributed by atoms with Crippen molar-refractivity contribution in [2.24, 2.45) is 23.6 Å². The van der Waals surface area contributed by atoms with E-state index in [1.54, 1.807) is 34.6 Å². The van der Waals surface area contributed by atoms with Gasteiger partial charge in [-0.15, -0.1) is 0 Å². The number of imidazole rings is 1. The van der Waals surface area contributed by atoms with Crippen LogP contribution in [0.2, 0.25) is 0 Å². The third-order valence-corrected chi connectivity index (χ3v) is 4.97. The number of hydrazine groups is 1. The molecule has 0 aromatic carbocycles. The molecule has 4 N–H and O–H groups in total. The lowest BCUT2D eigenvalue weighted by Gasteiger charge is -2.20. The number of anilines is 1. The van der Waals surface area contributed by atoms with Crippen LogP contribution in [0.15, 0.2) is 45.0 Å². The van der Waals surface area contributed by atoms with Gasteiger partial charge in [0, 0.05) is 13.2 Å². The molecule has 0 unspecified atom stereocenters. The normalized spacial score (nSPS) is 13.7. The van der Waals surface area contributed by atoms with Crippen LogP contribution in [0.3, 0.4) is 0 Å². The van der Waals surface area contributed by atoms with Crippen LogP contribution >= 0.6 is 0 Å². The Kier molecular flexibility index (Phi) is 3.86. The summed E-state index contributed by atoms with van der Waals surface area (Å²) in [7, 11) is 1.64. The van der Waals surface area contributed by atoms with Crippen LogP contribution in [0.25, 0.3) is 5.78 Å². The van der Waals surface area contributed by atoms with Gasteiger partial charge in [0.1, 0.15) is 18.1 Å². The van der Waals surface area contributed by atoms with Gasteiger partial charge < -0.3 is 10.2 Å². The highest BCUT2D eigenvalue weighted by molar-refractivity contribution is 6.14. The van der Waals surface area contributed by atoms with Crippen molar-refractivity contribution < 1.29 is 9.21 Å². The maximum Gasteiger partial charge on any atom is 0.345 e. The van der Waals surface area contributed by atoms with Crippen molar-refractivity contribution in [3.63, 3.8) is 0 Å². The number of carbonyl (C=O) groups excluding carboxylic acids is 1. The Morgan fingerprint density at radius 1 is 1.33 bits per heavy atom. The minimum atomic E-state index is -0.561. The molecule has 13 nitrogen and oxygen atoms in total. The highest BCUT2D eigenvalue weighted by Crippen LogP contribution is 2.26. The van der Waals surface area contributed by atoms with Crippen LogP contribution in [0.4, 0.5) is 5.82 Å². The summed E-state index contributed by atoms with van der Waals surface area (Å²) >= 11 is 0. The lowest BCUT2D eigenvalue weighted by atomic mass is 10.2. The van der Waals surface area contributed by atoms with Crippen molar-refractivity contribution in [2.75, 3.05) is 11.7 Å². The van der Waals surface area contributed by atoms with Crippen molar-refractivity contribution in [1.82, 2.24) is 28.5 Å². The molecule has 13 heteroatoms. The molecule has 0 radical (unpaired) electrons. The number of fused-ring (bicyclic) bond motifs is 3. The summed E-state index contributed by atoms with van der Waals surface area (Å²) in [5.41, 5.74) is 6.43. The number of nitrogens with zero attached hydrogens (tertiary/aromatic N) is 8. The summed E-state index contributed by atoms with van der Waals surface area (Å²) in [6, 6.07) is 3.55. The van der Waals surface area contributed by atoms with E-state index in [1.165, 1.54) is 26.7 Å². The van der Waals surface area contributed by atoms with E-state index in [4.69, 9.17) is 16.0 Å². The summed E-state index contributed by atoms with van der Waals surface area (Å²) in [5.74, 6) is 6.98. The Hall–Kier alpha value is -4.13. The largest absolute Gasteiger partial charge is 0.463 e. The zero-order chi connectivity index (χ0) is 21.0. The smallest absolute Gasteiger partial charge is 0.345 e. The highest BCUT2D eigenvalue weighted by atomic mass is 16.3. The molecule has 4 aromatic heterocycles. The number of hydrogen-bond acceptors (Lipinski definition) is 8. The fraction of sp³-hybridized carbons (Fsp3) is 0.235. The number of aryl methyl sites for hydroxylation is 3. The van der Waals surface area contributed by atoms with Crippen molar-refractivity contribution in [2.45, 2.75) is 13.1 Å². The number of aliphatic imine (C=N–C) groups is 1. The number of hydrogen-bond donors (Lipinski definition) is 2. The summed E-state index contributed by atoms with van der Waals surface area (Å²) in [6.07, 6.45) is 4.48. The van der Waals surface area contributed by atoms with Gasteiger partial charge in [-0.25, -0.2) is 19.8 Å². The van der Waals surface area contributed by atoms with E-state index in [1.807, 2.05) is 0 Å². The zero-order valence-corrected chi connectivity index (χ0v) is 16.0. The van der Waals surface area contributed by atoms with E-state index in [0.717, 1.165) is 0 Å². The van der Waals surface area contributed by atoms with E-state index < -0.39 is 5.91 Å². The average Bonchev–Trinajstić information content (AvgIpc) is 3.49. The van der Waals surface area contributed by atoms with Crippen molar-refractivity contribution >= 4 is 23.2 Å². The minimum Gasteiger partial charge on any atom is -0.463 e. The van der Waals surface area contributed by atoms with Crippen LogP contribution in [-0.2, 0) is 20.1 Å². The lowest BCUT2D eigenvalue weighted by Crippen LogP contribution is -2.37. The van der Waals surface area contributed by atoms with E-state index in [0.29, 0.717) is 40.9 Å². The van der Waals surface area contributed by atoms with Gasteiger partial charge in [0.2, 0.25) is 5.78 Å². The summed E-state index contributed by atoms with van der Waals surface area (Å²) in [5, 5.41) is 5.51. The Morgan fingerprint density at radius 3 is 2.87 bits per heavy atom. The molecule has 0 atom stereocenters. The van der Waals surface area contributed by atoms with Crippen molar-refractivity contribution in [1.29, 1.82) is 0 Å². The fourth-order valence-corrected chi connectivity index (χ4v) is 3.51. The molecule has 1 aliphatic heterocycles. The highest BCUT2D eigenvalue weighted by Gasteiger charge is 2.31. The van der Waals surface area contributed by atoms with Crippen LogP contribution in [-0.4, -0.2) is 46.8 Å². The van der Waals surface area contributed by atoms with Gasteiger partial charge in [0.15, 0.2) is 11.6 Å². The summed E-state index contributed by atoms with van der Waals surface area (Å²) < 4.78 is 11.7. The van der Waals surface area contributed by atoms with E-state index in [2.05, 4.69) is 15.1 Å². The molecule has 5 heterocycles. The molecule has 0 saturated heterocycles. The third kappa shape index (κ3) is 2.56. The SMILES string of the molecule is Cn1c(=O)n(CCn2cc(C(N)=O)cn2)c2nc3c(n21)C(c1ccco1)=NCN3N. The predicted molar refractivity (Wildman–Crippen MR) is 105 cm³/mol. The van der Waals surface area contributed by atoms with Gasteiger partial charge in [-0.3, -0.25) is 24.0 Å². The number of rotatable bonds is 5. The monoisotopic (exact) mass is 410 g/mol. The van der Waals surface area contributed by atoms with E-state index >= 15 is 0 Å². The molecular weight excluding hydrogens is 392 g/mol. The second kappa shape index (κ2) is 6.45. The molecule has 0 saturated carbocycles. The molecule has 154 valence electrons. The van der Waals surface area contributed by atoms with Gasteiger partial charge in [0.05, 0.1) is 31.1 Å². The standard InChI is InChI=1S/C17H18N10O3/c1-23-17(29)25(5-4-24-8-10(7-21-24)14(18)28)16-22-15-13(27(16)23)12(20-9-26(15)19)11-3-2-6-30-11/h2-3,6-8H,4-5,9,19H2,1H3,(H2,18,28). The third-order valence-electron chi connectivity index (χ3n) is 4.97. The molecule has 0 aliphatic carbocycles. The first-order valence-corrected chi connectivity index (χ1v) is 9.07. The Balaban J connectivity index is 1.59. The van der Waals surface area contributed by atoms with Gasteiger partial charge in [-0.2, -0.15) is 10.1 Å². The summed E-state index contributed by atoms with van der Waals surface area (Å²) in [6.45, 7) is 0.826. The molecule has 0 spiro atoms. The molecule has 1 aliphatic rings. The number of aromatic nitrogens is 6. The topological polar surface area (TPSA) is 160 Å². The average molecular weight is 410 g/mol. The Bertz CT molecular complexity index is 1350. The number of amides is 1. The van der Waals surface area contributed by atoms with Crippen molar-refractivity contribution in [3.05, 3.63) is 58.3 Å². The molecule has 0 fully saturated rings. The number of primary amides is 1. The molecule has 30 heavy (non-hydrogen) atoms. The quantitative estimate of drug-likeness (QED) is 0.395. The summed E-state index contributed by atoms with van der Waals surface area (Å²) in [4.78, 5) is 33.2. The first-order chi connectivity index (χ1) is 14.5. The van der Waals surface area contributed by atoms with Crippen LogP contribution < -0.4 is 22.3 Å². The molecular formula is C17H18N10O3. The maximum absolute atomic E-state index is 12.9. The molecule has 0 bridgehead atoms. The van der Waals surface area contributed by atoms with Crippen LogP contribution in [0.5, 0.6) is 0 Å². The zero-order valence-electron chi connectivity index (χ0n) is 16.0. The minimum absolute atomic E-state index is 0.209. The van der Waals surface area contributed by atoms with Gasteiger partial charge in [-0.1, -0.05) is 0 Å². The van der Waals surface area contributed by atoms with E-state index in [-0.39, 0.29) is 18.9 Å². The van der Waals surface area contributed by atoms with Gasteiger partial charge in [0.25, 0.3) is 5.91 Å². The second-order valence-electron chi connectivity index (χ2n) is 6.81. The molecule has 4 aromatic rings. The lowest BCUT2D eigenvalue weighted by molar-refractivity contribution is 0.1000. The van der Waals surface area contributed by atoms with Crippen LogP contribution in [0.1, 0.15) is 21.8 Å². The number of furan rings is 1. The Morgan fingerprint density at radius 2 is 2.17 bits per heavy atom. The second-order valence-corrected chi connectivity index (χ2v) is 6.81. The molecule has 5 rings (SSSR count).